The van der Waals surface area contributed by atoms with Crippen LogP contribution in [-0.4, -0.2) is 0 Å². The van der Waals surface area contributed by atoms with Crippen LogP contribution < -0.4 is 0 Å². The maximum absolute atomic E-state index is 3.83. The molecule has 0 heteroatoms. The molecule has 0 aliphatic carbocycles. The SMILES string of the molecule is C/C=C/C(C)CC.C=C(C)C(C)CC.C=CC(C)(C)CC.C=CC(C)C(C)C.C=CC(C)CC.CC/C=C(\C)CC.CC/C=C/C(C)C.CC/C=C/CC. The van der Waals surface area contributed by atoms with Crippen LogP contribution in [0, 0.1) is 40.9 Å². The summed E-state index contributed by atoms with van der Waals surface area (Å²) in [4.78, 5) is 0. The molecule has 0 saturated heterocycles. The number of hydrogen-bond donors (Lipinski definition) is 0. The van der Waals surface area contributed by atoms with E-state index in [0.29, 0.717) is 23.2 Å². The first-order valence-electron chi connectivity index (χ1n) is 22.2. The van der Waals surface area contributed by atoms with Gasteiger partial charge in [0, 0.05) is 0 Å². The molecule has 0 aromatic carbocycles. The van der Waals surface area contributed by atoms with Crippen molar-refractivity contribution in [2.45, 2.75) is 210 Å². The van der Waals surface area contributed by atoms with Gasteiger partial charge in [-0.2, -0.15) is 0 Å². The molecule has 0 radical (unpaired) electrons. The summed E-state index contributed by atoms with van der Waals surface area (Å²) in [6.45, 7) is 62.5. The van der Waals surface area contributed by atoms with Crippen molar-refractivity contribution in [1.82, 2.24) is 0 Å². The van der Waals surface area contributed by atoms with Crippen molar-refractivity contribution >= 4 is 0 Å². The van der Waals surface area contributed by atoms with Gasteiger partial charge >= 0.3 is 0 Å². The summed E-state index contributed by atoms with van der Waals surface area (Å²) in [5.74, 6) is 4.31. The standard InChI is InChI=1S/6C7H14.2C6H12/c1-5-7(3,4)6-2;2*1-5-7(4)6(2)3;1-4-5-6-7(2)3;2*1-4-6-7(3)5-2;1-4-6(3)5-2;1-3-5-6-4-2/h5H,1,6H2,2-4H3;7H,2,5H2,1,3-4H3;5-7H,1H2,2-4H3;5-7H,4H2,1-3H3;6H,4-5H2,1-3H3;4,6-7H,5H2,1-3H3;4,6H,1,5H2,2-3H3;5-6H,3-4H2,1-2H3/b;;;6-5+;7-6+;6-4+;;6-5+. The Bertz CT molecular complexity index is 831. The summed E-state index contributed by atoms with van der Waals surface area (Å²) >= 11 is 0. The molecule has 0 amide bonds. The van der Waals surface area contributed by atoms with E-state index in [1.807, 2.05) is 18.2 Å². The molecule has 0 aliphatic heterocycles. The van der Waals surface area contributed by atoms with Crippen molar-refractivity contribution in [3.8, 4) is 0 Å². The molecule has 0 fully saturated rings. The smallest absolute Gasteiger partial charge is 0.0180 e. The van der Waals surface area contributed by atoms with E-state index in [0.717, 1.165) is 24.2 Å². The first kappa shape index (κ1) is 69.8. The zero-order chi connectivity index (χ0) is 44.6. The lowest BCUT2D eigenvalue weighted by molar-refractivity contribution is 0.463. The van der Waals surface area contributed by atoms with Gasteiger partial charge in [0.1, 0.15) is 0 Å². The molecular weight excluding hydrogens is 649 g/mol. The molecule has 0 aromatic rings. The summed E-state index contributed by atoms with van der Waals surface area (Å²) in [6, 6.07) is 0. The van der Waals surface area contributed by atoms with Crippen molar-refractivity contribution in [1.29, 1.82) is 0 Å². The lowest BCUT2D eigenvalue weighted by atomic mass is 9.91. The van der Waals surface area contributed by atoms with E-state index in [4.69, 9.17) is 0 Å². The second kappa shape index (κ2) is 57.6. The second-order valence-electron chi connectivity index (χ2n) is 15.8. The maximum atomic E-state index is 3.83. The number of hydrogen-bond acceptors (Lipinski definition) is 0. The molecule has 54 heavy (non-hydrogen) atoms. The Labute approximate surface area is 348 Å². The molecule has 0 heterocycles. The van der Waals surface area contributed by atoms with Crippen molar-refractivity contribution < 1.29 is 0 Å². The van der Waals surface area contributed by atoms with Crippen molar-refractivity contribution in [3.05, 3.63) is 98.2 Å². The summed E-state index contributed by atoms with van der Waals surface area (Å²) in [5, 5.41) is 0. The van der Waals surface area contributed by atoms with Crippen LogP contribution in [-0.2, 0) is 0 Å². The molecule has 324 valence electrons. The quantitative estimate of drug-likeness (QED) is 0.138. The molecule has 4 unspecified atom stereocenters. The Kier molecular flexibility index (Phi) is 74.5. The largest absolute Gasteiger partial charge is 0.103 e. The topological polar surface area (TPSA) is 0 Å². The van der Waals surface area contributed by atoms with Gasteiger partial charge in [0.15, 0.2) is 0 Å². The van der Waals surface area contributed by atoms with Gasteiger partial charge in [0.2, 0.25) is 0 Å². The maximum Gasteiger partial charge on any atom is -0.0180 e. The molecule has 0 bridgehead atoms. The molecule has 4 atom stereocenters. The van der Waals surface area contributed by atoms with Crippen LogP contribution in [0.15, 0.2) is 98.2 Å². The molecular formula is C54H108. The van der Waals surface area contributed by atoms with Gasteiger partial charge < -0.3 is 0 Å². The summed E-state index contributed by atoms with van der Waals surface area (Å²) in [6.07, 6.45) is 32.1. The van der Waals surface area contributed by atoms with Crippen LogP contribution in [0.3, 0.4) is 0 Å². The second-order valence-corrected chi connectivity index (χ2v) is 15.8. The fraction of sp³-hybridized carbons (Fsp3) is 0.704. The van der Waals surface area contributed by atoms with E-state index in [1.165, 1.54) is 62.5 Å². The average molecular weight is 757 g/mol. The van der Waals surface area contributed by atoms with Crippen LogP contribution >= 0.6 is 0 Å². The predicted molar refractivity (Wildman–Crippen MR) is 265 cm³/mol. The zero-order valence-electron chi connectivity index (χ0n) is 41.9. The highest BCUT2D eigenvalue weighted by atomic mass is 14.1. The van der Waals surface area contributed by atoms with E-state index in [1.54, 1.807) is 0 Å². The third-order valence-electron chi connectivity index (χ3n) is 9.06. The van der Waals surface area contributed by atoms with Gasteiger partial charge in [0.25, 0.3) is 0 Å². The predicted octanol–water partition coefficient (Wildman–Crippen LogP) is 20.2. The Morgan fingerprint density at radius 3 is 1.11 bits per heavy atom. The molecule has 0 aliphatic rings. The average Bonchev–Trinajstić information content (AvgIpc) is 3.16. The molecule has 0 aromatic heterocycles. The van der Waals surface area contributed by atoms with Crippen LogP contribution in [0.4, 0.5) is 0 Å². The third-order valence-corrected chi connectivity index (χ3v) is 9.06. The lowest BCUT2D eigenvalue weighted by Gasteiger charge is -2.14. The van der Waals surface area contributed by atoms with Gasteiger partial charge in [-0.3, -0.25) is 0 Å². The van der Waals surface area contributed by atoms with Gasteiger partial charge in [-0.05, 0) is 107 Å². The van der Waals surface area contributed by atoms with Crippen molar-refractivity contribution in [2.24, 2.45) is 40.9 Å². The lowest BCUT2D eigenvalue weighted by Crippen LogP contribution is -2.02. The van der Waals surface area contributed by atoms with E-state index in [9.17, 15) is 0 Å². The first-order chi connectivity index (χ1) is 25.1. The minimum absolute atomic E-state index is 0.347. The minimum Gasteiger partial charge on any atom is -0.103 e. The number of rotatable bonds is 16. The molecule has 0 N–H and O–H groups in total. The van der Waals surface area contributed by atoms with E-state index in [2.05, 4.69) is 221 Å². The highest BCUT2D eigenvalue weighted by Crippen LogP contribution is 2.19. The monoisotopic (exact) mass is 757 g/mol. The molecule has 0 nitrogen and oxygen atoms in total. The van der Waals surface area contributed by atoms with Gasteiger partial charge in [-0.1, -0.05) is 223 Å². The summed E-state index contributed by atoms with van der Waals surface area (Å²) < 4.78 is 0. The van der Waals surface area contributed by atoms with E-state index < -0.39 is 0 Å². The molecule has 0 rings (SSSR count). The van der Waals surface area contributed by atoms with E-state index >= 15 is 0 Å². The molecule has 0 spiro atoms. The van der Waals surface area contributed by atoms with Gasteiger partial charge in [0.05, 0.1) is 0 Å². The fourth-order valence-corrected chi connectivity index (χ4v) is 2.63. The number of allylic oxidation sites excluding steroid dienone is 12. The van der Waals surface area contributed by atoms with Crippen LogP contribution in [0.5, 0.6) is 0 Å². The fourth-order valence-electron chi connectivity index (χ4n) is 2.63. The Morgan fingerprint density at radius 2 is 1.04 bits per heavy atom. The summed E-state index contributed by atoms with van der Waals surface area (Å²) in [5.41, 5.74) is 3.14. The summed E-state index contributed by atoms with van der Waals surface area (Å²) in [7, 11) is 0. The third kappa shape index (κ3) is 87.6. The van der Waals surface area contributed by atoms with Gasteiger partial charge in [-0.25, -0.2) is 0 Å². The highest BCUT2D eigenvalue weighted by molar-refractivity contribution is 4.95. The van der Waals surface area contributed by atoms with Crippen molar-refractivity contribution in [2.75, 3.05) is 0 Å². The van der Waals surface area contributed by atoms with Crippen LogP contribution in [0.25, 0.3) is 0 Å². The van der Waals surface area contributed by atoms with Crippen LogP contribution in [0.1, 0.15) is 210 Å². The molecule has 0 saturated carbocycles. The Hall–Kier alpha value is -2.08. The van der Waals surface area contributed by atoms with E-state index in [-0.39, 0.29) is 0 Å². The normalized spacial score (nSPS) is 12.8. The van der Waals surface area contributed by atoms with Crippen LogP contribution in [0.2, 0.25) is 0 Å². The minimum atomic E-state index is 0.347. The Balaban J connectivity index is -0.0000000747. The highest BCUT2D eigenvalue weighted by Gasteiger charge is 2.06. The first-order valence-corrected chi connectivity index (χ1v) is 22.2. The van der Waals surface area contributed by atoms with Crippen molar-refractivity contribution in [3.63, 3.8) is 0 Å². The Morgan fingerprint density at radius 1 is 0.593 bits per heavy atom. The van der Waals surface area contributed by atoms with Gasteiger partial charge in [-0.15, -0.1) is 19.7 Å². The zero-order valence-corrected chi connectivity index (χ0v) is 41.9.